The van der Waals surface area contributed by atoms with Crippen LogP contribution in [0.4, 0.5) is 0 Å². The van der Waals surface area contributed by atoms with Crippen molar-refractivity contribution in [1.82, 2.24) is 14.6 Å². The van der Waals surface area contributed by atoms with E-state index in [1.54, 1.807) is 24.5 Å². The van der Waals surface area contributed by atoms with E-state index in [0.29, 0.717) is 6.54 Å². The first-order valence-electron chi connectivity index (χ1n) is 9.27. The highest BCUT2D eigenvalue weighted by atomic mass is 32.2. The summed E-state index contributed by atoms with van der Waals surface area (Å²) in [5.74, 6) is -0.197. The van der Waals surface area contributed by atoms with Crippen molar-refractivity contribution in [2.75, 3.05) is 14.2 Å². The number of carbonyl (C=O) groups is 1. The first-order chi connectivity index (χ1) is 14.4. The molecule has 0 radical (unpaired) electrons. The summed E-state index contributed by atoms with van der Waals surface area (Å²) in [4.78, 5) is 16.5. The van der Waals surface area contributed by atoms with Crippen molar-refractivity contribution in [3.05, 3.63) is 89.7 Å². The highest BCUT2D eigenvalue weighted by molar-refractivity contribution is 7.89. The van der Waals surface area contributed by atoms with Gasteiger partial charge >= 0.3 is 0 Å². The molecular formula is C22H23N3O4S. The van der Waals surface area contributed by atoms with Crippen LogP contribution in [0.25, 0.3) is 0 Å². The normalized spacial score (nSPS) is 11.3. The lowest BCUT2D eigenvalue weighted by atomic mass is 10.2. The number of hydrogen-bond acceptors (Lipinski definition) is 5. The van der Waals surface area contributed by atoms with E-state index in [2.05, 4.69) is 10.3 Å². The Morgan fingerprint density at radius 3 is 2.40 bits per heavy atom. The summed E-state index contributed by atoms with van der Waals surface area (Å²) in [6.07, 6.45) is 3.28. The monoisotopic (exact) mass is 425 g/mol. The quantitative estimate of drug-likeness (QED) is 0.600. The molecule has 3 rings (SSSR count). The number of pyridine rings is 1. The Bertz CT molecular complexity index is 1100. The average Bonchev–Trinajstić information content (AvgIpc) is 2.78. The fourth-order valence-electron chi connectivity index (χ4n) is 2.90. The number of aromatic nitrogens is 1. The summed E-state index contributed by atoms with van der Waals surface area (Å²) in [7, 11) is -0.987. The minimum atomic E-state index is -3.88. The second-order valence-corrected chi connectivity index (χ2v) is 8.66. The summed E-state index contributed by atoms with van der Waals surface area (Å²) in [6.45, 7) is 0.508. The number of methoxy groups -OCH3 is 1. The van der Waals surface area contributed by atoms with E-state index in [0.717, 1.165) is 11.1 Å². The summed E-state index contributed by atoms with van der Waals surface area (Å²) in [5, 5.41) is 2.78. The molecule has 0 bridgehead atoms. The average molecular weight is 426 g/mol. The number of rotatable bonds is 8. The lowest BCUT2D eigenvalue weighted by Crippen LogP contribution is -2.28. The number of nitrogens with one attached hydrogen (secondary N) is 1. The summed E-state index contributed by atoms with van der Waals surface area (Å²) >= 11 is 0. The number of benzene rings is 2. The molecule has 1 N–H and O–H groups in total. The van der Waals surface area contributed by atoms with E-state index in [1.807, 2.05) is 30.3 Å². The van der Waals surface area contributed by atoms with Crippen LogP contribution >= 0.6 is 0 Å². The lowest BCUT2D eigenvalue weighted by molar-refractivity contribution is 0.0950. The molecule has 1 amide bonds. The molecular weight excluding hydrogens is 402 g/mol. The van der Waals surface area contributed by atoms with E-state index in [1.165, 1.54) is 36.7 Å². The van der Waals surface area contributed by atoms with Crippen molar-refractivity contribution in [1.29, 1.82) is 0 Å². The molecule has 0 atom stereocenters. The van der Waals surface area contributed by atoms with Gasteiger partial charge < -0.3 is 10.1 Å². The van der Waals surface area contributed by atoms with Gasteiger partial charge in [0.25, 0.3) is 5.91 Å². The Balaban J connectivity index is 1.83. The molecule has 7 nitrogen and oxygen atoms in total. The van der Waals surface area contributed by atoms with Gasteiger partial charge in [0, 0.05) is 38.1 Å². The molecule has 0 spiro atoms. The van der Waals surface area contributed by atoms with Crippen molar-refractivity contribution < 1.29 is 17.9 Å². The maximum absolute atomic E-state index is 13.2. The standard InChI is InChI=1S/C22H23N3O4S/c1-25(16-18-6-4-3-5-7-18)30(27,28)21-14-19(8-9-20(21)29-2)22(26)24-15-17-10-12-23-13-11-17/h3-14H,15-16H2,1-2H3,(H,24,26). The van der Waals surface area contributed by atoms with Gasteiger partial charge in [0.15, 0.2) is 0 Å². The third kappa shape index (κ3) is 5.03. The molecule has 156 valence electrons. The highest BCUT2D eigenvalue weighted by Gasteiger charge is 2.26. The smallest absolute Gasteiger partial charge is 0.251 e. The number of carbonyl (C=O) groups excluding carboxylic acids is 1. The fourth-order valence-corrected chi connectivity index (χ4v) is 4.23. The van der Waals surface area contributed by atoms with Gasteiger partial charge in [-0.05, 0) is 41.5 Å². The van der Waals surface area contributed by atoms with Crippen molar-refractivity contribution in [3.63, 3.8) is 0 Å². The second-order valence-electron chi connectivity index (χ2n) is 6.65. The molecule has 8 heteroatoms. The van der Waals surface area contributed by atoms with E-state index in [-0.39, 0.29) is 28.7 Å². The number of amides is 1. The molecule has 30 heavy (non-hydrogen) atoms. The predicted octanol–water partition coefficient (Wildman–Crippen LogP) is 2.84. The molecule has 0 fully saturated rings. The third-order valence-electron chi connectivity index (χ3n) is 4.56. The van der Waals surface area contributed by atoms with E-state index >= 15 is 0 Å². The molecule has 1 aromatic heterocycles. The Hall–Kier alpha value is -3.23. The Kier molecular flexibility index (Phi) is 6.81. The molecule has 0 aliphatic heterocycles. The van der Waals surface area contributed by atoms with Crippen LogP contribution in [0.2, 0.25) is 0 Å². The molecule has 0 saturated heterocycles. The maximum atomic E-state index is 13.2. The first-order valence-corrected chi connectivity index (χ1v) is 10.7. The van der Waals surface area contributed by atoms with Gasteiger partial charge in [0.05, 0.1) is 7.11 Å². The van der Waals surface area contributed by atoms with Gasteiger partial charge in [-0.15, -0.1) is 0 Å². The van der Waals surface area contributed by atoms with E-state index in [4.69, 9.17) is 4.74 Å². The van der Waals surface area contributed by atoms with Crippen LogP contribution in [0.1, 0.15) is 21.5 Å². The predicted molar refractivity (Wildman–Crippen MR) is 113 cm³/mol. The molecule has 3 aromatic rings. The fraction of sp³-hybridized carbons (Fsp3) is 0.182. The van der Waals surface area contributed by atoms with Crippen LogP contribution in [0.15, 0.2) is 78.0 Å². The van der Waals surface area contributed by atoms with E-state index < -0.39 is 10.0 Å². The zero-order valence-electron chi connectivity index (χ0n) is 16.8. The Morgan fingerprint density at radius 1 is 1.03 bits per heavy atom. The SMILES string of the molecule is COc1ccc(C(=O)NCc2ccncc2)cc1S(=O)(=O)N(C)Cc1ccccc1. The minimum absolute atomic E-state index is 0.0556. The van der Waals surface area contributed by atoms with Crippen molar-refractivity contribution in [3.8, 4) is 5.75 Å². The van der Waals surface area contributed by atoms with Crippen LogP contribution in [-0.2, 0) is 23.1 Å². The molecule has 2 aromatic carbocycles. The lowest BCUT2D eigenvalue weighted by Gasteiger charge is -2.19. The van der Waals surface area contributed by atoms with Gasteiger partial charge in [-0.1, -0.05) is 30.3 Å². The molecule has 0 aliphatic carbocycles. The molecule has 0 aliphatic rings. The number of sulfonamides is 1. The zero-order chi connectivity index (χ0) is 21.6. The third-order valence-corrected chi connectivity index (χ3v) is 6.39. The van der Waals surface area contributed by atoms with Crippen LogP contribution in [0, 0.1) is 0 Å². The Morgan fingerprint density at radius 2 is 1.73 bits per heavy atom. The van der Waals surface area contributed by atoms with Crippen molar-refractivity contribution in [2.24, 2.45) is 0 Å². The molecule has 0 saturated carbocycles. The number of ether oxygens (including phenoxy) is 1. The van der Waals surface area contributed by atoms with Gasteiger partial charge in [-0.2, -0.15) is 4.31 Å². The number of nitrogens with zero attached hydrogens (tertiary/aromatic N) is 2. The number of hydrogen-bond donors (Lipinski definition) is 1. The Labute approximate surface area is 176 Å². The van der Waals surface area contributed by atoms with Gasteiger partial charge in [0.1, 0.15) is 10.6 Å². The first kappa shape index (κ1) is 21.5. The van der Waals surface area contributed by atoms with Crippen LogP contribution < -0.4 is 10.1 Å². The molecule has 1 heterocycles. The zero-order valence-corrected chi connectivity index (χ0v) is 17.6. The summed E-state index contributed by atoms with van der Waals surface area (Å²) in [6, 6.07) is 17.2. The van der Waals surface area contributed by atoms with E-state index in [9.17, 15) is 13.2 Å². The maximum Gasteiger partial charge on any atom is 0.251 e. The van der Waals surface area contributed by atoms with Crippen LogP contribution in [-0.4, -0.2) is 37.8 Å². The summed E-state index contributed by atoms with van der Waals surface area (Å²) < 4.78 is 32.8. The largest absolute Gasteiger partial charge is 0.495 e. The summed E-state index contributed by atoms with van der Waals surface area (Å²) in [5.41, 5.74) is 1.98. The topological polar surface area (TPSA) is 88.6 Å². The van der Waals surface area contributed by atoms with Gasteiger partial charge in [0.2, 0.25) is 10.0 Å². The minimum Gasteiger partial charge on any atom is -0.495 e. The van der Waals surface area contributed by atoms with Crippen LogP contribution in [0.3, 0.4) is 0 Å². The highest BCUT2D eigenvalue weighted by Crippen LogP contribution is 2.28. The van der Waals surface area contributed by atoms with Crippen molar-refractivity contribution >= 4 is 15.9 Å². The van der Waals surface area contributed by atoms with Gasteiger partial charge in [-0.3, -0.25) is 9.78 Å². The van der Waals surface area contributed by atoms with Crippen LogP contribution in [0.5, 0.6) is 5.75 Å². The second kappa shape index (κ2) is 9.51. The van der Waals surface area contributed by atoms with Gasteiger partial charge in [-0.25, -0.2) is 8.42 Å². The van der Waals surface area contributed by atoms with Crippen molar-refractivity contribution in [2.45, 2.75) is 18.0 Å². The molecule has 0 unspecified atom stereocenters.